The molecule has 92 valence electrons. The smallest absolute Gasteiger partial charge is 0.183 e. The molecule has 3 aromatic rings. The van der Waals surface area contributed by atoms with Gasteiger partial charge in [0.05, 0.1) is 5.39 Å². The van der Waals surface area contributed by atoms with Crippen molar-refractivity contribution in [3.63, 3.8) is 0 Å². The summed E-state index contributed by atoms with van der Waals surface area (Å²) in [6.07, 6.45) is 5.69. The number of rotatable bonds is 3. The van der Waals surface area contributed by atoms with E-state index in [9.17, 15) is 0 Å². The average Bonchev–Trinajstić information content (AvgIpc) is 2.74. The largest absolute Gasteiger partial charge is 0.330 e. The summed E-state index contributed by atoms with van der Waals surface area (Å²) >= 11 is 0. The minimum atomic E-state index is 0.695. The summed E-state index contributed by atoms with van der Waals surface area (Å²) < 4.78 is 1.82. The predicted molar refractivity (Wildman–Crippen MR) is 70.4 cm³/mol. The van der Waals surface area contributed by atoms with Gasteiger partial charge in [-0.05, 0) is 44.0 Å². The molecule has 0 saturated heterocycles. The molecule has 0 aliphatic carbocycles. The monoisotopic (exact) mass is 241 g/mol. The first-order valence-corrected chi connectivity index (χ1v) is 6.09. The highest BCUT2D eigenvalue weighted by Gasteiger charge is 2.09. The molecule has 0 radical (unpaired) electrons. The number of nitrogens with zero attached hydrogens (tertiary/aromatic N) is 4. The summed E-state index contributed by atoms with van der Waals surface area (Å²) in [6, 6.07) is 3.90. The van der Waals surface area contributed by atoms with E-state index < -0.39 is 0 Å². The SMILES string of the molecule is Cc1nc2c3cccnc3nn2cc1CCCN. The maximum Gasteiger partial charge on any atom is 0.183 e. The molecule has 0 unspecified atom stereocenters. The van der Waals surface area contributed by atoms with E-state index in [2.05, 4.69) is 15.1 Å². The quantitative estimate of drug-likeness (QED) is 0.754. The molecule has 0 fully saturated rings. The second kappa shape index (κ2) is 4.34. The van der Waals surface area contributed by atoms with Crippen molar-refractivity contribution >= 4 is 16.7 Å². The molecule has 0 aromatic carbocycles. The van der Waals surface area contributed by atoms with Crippen LogP contribution < -0.4 is 5.73 Å². The minimum absolute atomic E-state index is 0.695. The molecule has 0 saturated carbocycles. The van der Waals surface area contributed by atoms with Crippen LogP contribution in [0, 0.1) is 6.92 Å². The summed E-state index contributed by atoms with van der Waals surface area (Å²) in [6.45, 7) is 2.72. The van der Waals surface area contributed by atoms with Gasteiger partial charge in [-0.2, -0.15) is 0 Å². The Morgan fingerprint density at radius 2 is 2.28 bits per heavy atom. The second-order valence-electron chi connectivity index (χ2n) is 4.39. The maximum atomic E-state index is 5.55. The van der Waals surface area contributed by atoms with Crippen molar-refractivity contribution in [3.8, 4) is 0 Å². The number of fused-ring (bicyclic) bond motifs is 3. The topological polar surface area (TPSA) is 69.1 Å². The Bertz CT molecular complexity index is 701. The minimum Gasteiger partial charge on any atom is -0.330 e. The van der Waals surface area contributed by atoms with Gasteiger partial charge in [0.1, 0.15) is 0 Å². The molecule has 0 aliphatic heterocycles. The molecule has 5 nitrogen and oxygen atoms in total. The van der Waals surface area contributed by atoms with Crippen LogP contribution in [-0.4, -0.2) is 26.1 Å². The molecule has 3 rings (SSSR count). The van der Waals surface area contributed by atoms with E-state index >= 15 is 0 Å². The first kappa shape index (κ1) is 11.1. The van der Waals surface area contributed by atoms with E-state index in [4.69, 9.17) is 5.73 Å². The number of nitrogens with two attached hydrogens (primary N) is 1. The van der Waals surface area contributed by atoms with Gasteiger partial charge >= 0.3 is 0 Å². The van der Waals surface area contributed by atoms with Gasteiger partial charge in [-0.15, -0.1) is 5.10 Å². The number of aryl methyl sites for hydroxylation is 2. The van der Waals surface area contributed by atoms with Gasteiger partial charge < -0.3 is 5.73 Å². The lowest BCUT2D eigenvalue weighted by atomic mass is 10.1. The molecule has 18 heavy (non-hydrogen) atoms. The molecule has 0 aliphatic rings. The lowest BCUT2D eigenvalue weighted by Crippen LogP contribution is -2.04. The third-order valence-corrected chi connectivity index (χ3v) is 3.11. The van der Waals surface area contributed by atoms with Crippen LogP contribution >= 0.6 is 0 Å². The molecule has 0 bridgehead atoms. The predicted octanol–water partition coefficient (Wildman–Crippen LogP) is 1.48. The highest BCUT2D eigenvalue weighted by molar-refractivity contribution is 5.89. The van der Waals surface area contributed by atoms with Crippen molar-refractivity contribution in [3.05, 3.63) is 35.8 Å². The first-order valence-electron chi connectivity index (χ1n) is 6.09. The maximum absolute atomic E-state index is 5.55. The molecule has 0 spiro atoms. The Balaban J connectivity index is 2.20. The molecule has 3 aromatic heterocycles. The standard InChI is InChI=1S/C13H15N5/c1-9-10(4-2-6-14)8-18-13(16-9)11-5-3-7-15-12(11)17-18/h3,5,7-8H,2,4,6,14H2,1H3. The lowest BCUT2D eigenvalue weighted by molar-refractivity contribution is 0.803. The summed E-state index contributed by atoms with van der Waals surface area (Å²) in [5.74, 6) is 0. The Labute approximate surface area is 105 Å². The molecule has 3 heterocycles. The van der Waals surface area contributed by atoms with Gasteiger partial charge in [0, 0.05) is 18.1 Å². The first-order chi connectivity index (χ1) is 8.79. The van der Waals surface area contributed by atoms with Crippen molar-refractivity contribution in [2.75, 3.05) is 6.54 Å². The molecular formula is C13H15N5. The van der Waals surface area contributed by atoms with E-state index in [1.54, 1.807) is 6.20 Å². The third kappa shape index (κ3) is 1.73. The molecule has 0 atom stereocenters. The van der Waals surface area contributed by atoms with Crippen molar-refractivity contribution < 1.29 is 0 Å². The molecule has 2 N–H and O–H groups in total. The zero-order valence-electron chi connectivity index (χ0n) is 10.3. The van der Waals surface area contributed by atoms with Crippen molar-refractivity contribution in [1.29, 1.82) is 0 Å². The third-order valence-electron chi connectivity index (χ3n) is 3.11. The van der Waals surface area contributed by atoms with Crippen LogP contribution in [0.2, 0.25) is 0 Å². The van der Waals surface area contributed by atoms with Gasteiger partial charge in [0.25, 0.3) is 0 Å². The van der Waals surface area contributed by atoms with Gasteiger partial charge in [0.2, 0.25) is 0 Å². The Kier molecular flexibility index (Phi) is 2.68. The lowest BCUT2D eigenvalue weighted by Gasteiger charge is -2.04. The normalized spacial score (nSPS) is 11.4. The number of hydrogen-bond acceptors (Lipinski definition) is 4. The Hall–Kier alpha value is -2.01. The molecule has 0 amide bonds. The van der Waals surface area contributed by atoms with Crippen LogP contribution in [0.1, 0.15) is 17.7 Å². The van der Waals surface area contributed by atoms with Crippen LogP contribution in [-0.2, 0) is 6.42 Å². The zero-order valence-corrected chi connectivity index (χ0v) is 10.3. The van der Waals surface area contributed by atoms with E-state index in [1.165, 1.54) is 5.56 Å². The highest BCUT2D eigenvalue weighted by Crippen LogP contribution is 2.18. The summed E-state index contributed by atoms with van der Waals surface area (Å²) in [5.41, 5.74) is 9.39. The van der Waals surface area contributed by atoms with E-state index in [-0.39, 0.29) is 0 Å². The Morgan fingerprint density at radius 1 is 1.39 bits per heavy atom. The number of hydrogen-bond donors (Lipinski definition) is 1. The molecule has 5 heteroatoms. The van der Waals surface area contributed by atoms with E-state index in [0.29, 0.717) is 6.54 Å². The van der Waals surface area contributed by atoms with E-state index in [0.717, 1.165) is 35.2 Å². The van der Waals surface area contributed by atoms with Crippen LogP contribution in [0.5, 0.6) is 0 Å². The molecular weight excluding hydrogens is 226 g/mol. The summed E-state index contributed by atoms with van der Waals surface area (Å²) in [4.78, 5) is 8.88. The fourth-order valence-corrected chi connectivity index (χ4v) is 2.14. The number of aromatic nitrogens is 4. The second-order valence-corrected chi connectivity index (χ2v) is 4.39. The van der Waals surface area contributed by atoms with Gasteiger partial charge in [-0.3, -0.25) is 0 Å². The van der Waals surface area contributed by atoms with Crippen LogP contribution in [0.4, 0.5) is 0 Å². The van der Waals surface area contributed by atoms with Gasteiger partial charge in [-0.1, -0.05) is 0 Å². The fraction of sp³-hybridized carbons (Fsp3) is 0.308. The van der Waals surface area contributed by atoms with Crippen molar-refractivity contribution in [2.45, 2.75) is 19.8 Å². The fourth-order valence-electron chi connectivity index (χ4n) is 2.14. The van der Waals surface area contributed by atoms with Gasteiger partial charge in [-0.25, -0.2) is 14.5 Å². The van der Waals surface area contributed by atoms with Crippen LogP contribution in [0.25, 0.3) is 16.7 Å². The summed E-state index contributed by atoms with van der Waals surface area (Å²) in [5, 5.41) is 5.43. The number of pyridine rings is 1. The van der Waals surface area contributed by atoms with Crippen molar-refractivity contribution in [1.82, 2.24) is 19.6 Å². The highest BCUT2D eigenvalue weighted by atomic mass is 15.3. The van der Waals surface area contributed by atoms with Crippen molar-refractivity contribution in [2.24, 2.45) is 5.73 Å². The zero-order chi connectivity index (χ0) is 12.5. The average molecular weight is 241 g/mol. The van der Waals surface area contributed by atoms with Crippen LogP contribution in [0.15, 0.2) is 24.5 Å². The Morgan fingerprint density at radius 3 is 3.11 bits per heavy atom. The van der Waals surface area contributed by atoms with Crippen LogP contribution in [0.3, 0.4) is 0 Å². The van der Waals surface area contributed by atoms with E-state index in [1.807, 2.05) is 29.8 Å². The van der Waals surface area contributed by atoms with Gasteiger partial charge in [0.15, 0.2) is 11.3 Å². The summed E-state index contributed by atoms with van der Waals surface area (Å²) in [7, 11) is 0.